The van der Waals surface area contributed by atoms with E-state index in [1.54, 1.807) is 12.1 Å². The minimum Gasteiger partial charge on any atom is -0.423 e. The highest BCUT2D eigenvalue weighted by atomic mass is 19.1. The van der Waals surface area contributed by atoms with Crippen molar-refractivity contribution in [1.82, 2.24) is 5.32 Å². The lowest BCUT2D eigenvalue weighted by atomic mass is 9.80. The Hall–Kier alpha value is -2.25. The van der Waals surface area contributed by atoms with E-state index < -0.39 is 24.7 Å². The monoisotopic (exact) mass is 291 g/mol. The molecule has 2 aromatic rings. The molecule has 0 aromatic heterocycles. The lowest BCUT2D eigenvalue weighted by molar-refractivity contribution is 0.0950. The number of rotatable bonds is 4. The van der Waals surface area contributed by atoms with E-state index in [4.69, 9.17) is 10.0 Å². The summed E-state index contributed by atoms with van der Waals surface area (Å²) in [6.45, 7) is 0.152. The van der Waals surface area contributed by atoms with E-state index in [1.807, 2.05) is 0 Å². The van der Waals surface area contributed by atoms with Gasteiger partial charge in [-0.3, -0.25) is 4.79 Å². The third-order valence-electron chi connectivity index (χ3n) is 2.86. The summed E-state index contributed by atoms with van der Waals surface area (Å²) in [7, 11) is -1.55. The maximum Gasteiger partial charge on any atom is 0.488 e. The van der Waals surface area contributed by atoms with Crippen molar-refractivity contribution in [1.29, 1.82) is 0 Å². The fourth-order valence-electron chi connectivity index (χ4n) is 1.78. The van der Waals surface area contributed by atoms with Crippen molar-refractivity contribution in [2.24, 2.45) is 0 Å². The zero-order chi connectivity index (χ0) is 15.4. The number of nitrogens with one attached hydrogen (secondary N) is 1. The van der Waals surface area contributed by atoms with Crippen LogP contribution in [-0.4, -0.2) is 23.1 Å². The van der Waals surface area contributed by atoms with Crippen LogP contribution in [0.5, 0.6) is 0 Å². The largest absolute Gasteiger partial charge is 0.488 e. The van der Waals surface area contributed by atoms with Crippen LogP contribution in [-0.2, 0) is 6.54 Å². The van der Waals surface area contributed by atoms with E-state index in [1.165, 1.54) is 12.1 Å². The Labute approximate surface area is 120 Å². The molecule has 0 fully saturated rings. The van der Waals surface area contributed by atoms with Crippen molar-refractivity contribution in [2.45, 2.75) is 6.54 Å². The smallest absolute Gasteiger partial charge is 0.423 e. The Kier molecular flexibility index (Phi) is 4.67. The van der Waals surface area contributed by atoms with E-state index >= 15 is 0 Å². The van der Waals surface area contributed by atoms with Gasteiger partial charge in [0, 0.05) is 18.2 Å². The molecule has 3 N–H and O–H groups in total. The lowest BCUT2D eigenvalue weighted by Gasteiger charge is -2.07. The molecule has 0 saturated heterocycles. The van der Waals surface area contributed by atoms with Gasteiger partial charge in [-0.15, -0.1) is 0 Å². The lowest BCUT2D eigenvalue weighted by Crippen LogP contribution is -2.30. The highest BCUT2D eigenvalue weighted by Gasteiger charge is 2.11. The SMILES string of the molecule is O=C(NCc1ccc(B(O)O)cc1)c1cc(F)cc(F)c1. The van der Waals surface area contributed by atoms with Crippen molar-refractivity contribution >= 4 is 18.5 Å². The molecule has 4 nitrogen and oxygen atoms in total. The Morgan fingerprint density at radius 1 is 1.05 bits per heavy atom. The summed E-state index contributed by atoms with van der Waals surface area (Å²) in [6.07, 6.45) is 0. The third kappa shape index (κ3) is 4.11. The first-order valence-corrected chi connectivity index (χ1v) is 6.15. The van der Waals surface area contributed by atoms with Crippen molar-refractivity contribution in [3.63, 3.8) is 0 Å². The molecule has 0 aliphatic carbocycles. The second-order valence-electron chi connectivity index (χ2n) is 4.46. The third-order valence-corrected chi connectivity index (χ3v) is 2.86. The molecule has 2 rings (SSSR count). The van der Waals surface area contributed by atoms with Crippen molar-refractivity contribution in [2.75, 3.05) is 0 Å². The van der Waals surface area contributed by atoms with Crippen LogP contribution in [0.3, 0.4) is 0 Å². The molecule has 0 bridgehead atoms. The van der Waals surface area contributed by atoms with Gasteiger partial charge in [-0.1, -0.05) is 24.3 Å². The molecular formula is C14H12BF2NO3. The molecule has 108 valence electrons. The van der Waals surface area contributed by atoms with Gasteiger partial charge in [-0.25, -0.2) is 8.78 Å². The van der Waals surface area contributed by atoms with Crippen molar-refractivity contribution in [3.8, 4) is 0 Å². The van der Waals surface area contributed by atoms with Crippen LogP contribution in [0.2, 0.25) is 0 Å². The van der Waals surface area contributed by atoms with Gasteiger partial charge in [-0.2, -0.15) is 0 Å². The average Bonchev–Trinajstić information content (AvgIpc) is 2.44. The average molecular weight is 291 g/mol. The molecule has 0 spiro atoms. The fraction of sp³-hybridized carbons (Fsp3) is 0.0714. The molecule has 0 heterocycles. The number of hydrogen-bond acceptors (Lipinski definition) is 3. The zero-order valence-electron chi connectivity index (χ0n) is 10.9. The molecule has 1 amide bonds. The number of carbonyl (C=O) groups is 1. The van der Waals surface area contributed by atoms with E-state index in [2.05, 4.69) is 5.32 Å². The summed E-state index contributed by atoms with van der Waals surface area (Å²) in [5.74, 6) is -2.23. The van der Waals surface area contributed by atoms with E-state index in [0.717, 1.165) is 12.1 Å². The van der Waals surface area contributed by atoms with Crippen LogP contribution in [0, 0.1) is 11.6 Å². The van der Waals surface area contributed by atoms with Crippen LogP contribution in [0.25, 0.3) is 0 Å². The van der Waals surface area contributed by atoms with Crippen LogP contribution in [0.4, 0.5) is 8.78 Å². The van der Waals surface area contributed by atoms with Gasteiger partial charge in [0.15, 0.2) is 0 Å². The van der Waals surface area contributed by atoms with Crippen molar-refractivity contribution < 1.29 is 23.6 Å². The predicted octanol–water partition coefficient (Wildman–Crippen LogP) is 0.575. The van der Waals surface area contributed by atoms with Gasteiger partial charge in [0.1, 0.15) is 11.6 Å². The first-order chi connectivity index (χ1) is 9.95. The molecule has 21 heavy (non-hydrogen) atoms. The number of hydrogen-bond donors (Lipinski definition) is 3. The van der Waals surface area contributed by atoms with Crippen LogP contribution < -0.4 is 10.8 Å². The van der Waals surface area contributed by atoms with Crippen LogP contribution in [0.1, 0.15) is 15.9 Å². The highest BCUT2D eigenvalue weighted by Crippen LogP contribution is 2.08. The van der Waals surface area contributed by atoms with E-state index in [0.29, 0.717) is 17.1 Å². The summed E-state index contributed by atoms with van der Waals surface area (Å²) >= 11 is 0. The van der Waals surface area contributed by atoms with Gasteiger partial charge in [0.05, 0.1) is 0 Å². The Balaban J connectivity index is 2.00. The van der Waals surface area contributed by atoms with Gasteiger partial charge < -0.3 is 15.4 Å². The molecule has 7 heteroatoms. The topological polar surface area (TPSA) is 69.6 Å². The highest BCUT2D eigenvalue weighted by molar-refractivity contribution is 6.58. The summed E-state index contributed by atoms with van der Waals surface area (Å²) in [4.78, 5) is 11.8. The summed E-state index contributed by atoms with van der Waals surface area (Å²) in [5.41, 5.74) is 0.941. The fourth-order valence-corrected chi connectivity index (χ4v) is 1.78. The molecule has 0 aliphatic heterocycles. The second kappa shape index (κ2) is 6.47. The number of halogens is 2. The Morgan fingerprint density at radius 2 is 1.62 bits per heavy atom. The molecular weight excluding hydrogens is 279 g/mol. The van der Waals surface area contributed by atoms with Crippen LogP contribution in [0.15, 0.2) is 42.5 Å². The van der Waals surface area contributed by atoms with Gasteiger partial charge in [-0.05, 0) is 23.2 Å². The molecule has 0 radical (unpaired) electrons. The maximum absolute atomic E-state index is 13.0. The van der Waals surface area contributed by atoms with Crippen LogP contribution >= 0.6 is 0 Å². The zero-order valence-corrected chi connectivity index (χ0v) is 10.9. The van der Waals surface area contributed by atoms with Gasteiger partial charge in [0.2, 0.25) is 0 Å². The standard InChI is InChI=1S/C14H12BF2NO3/c16-12-5-10(6-13(17)7-12)14(19)18-8-9-1-3-11(4-2-9)15(20)21/h1-7,20-21H,8H2,(H,18,19). The molecule has 0 unspecified atom stereocenters. The van der Waals surface area contributed by atoms with Crippen molar-refractivity contribution in [3.05, 3.63) is 65.2 Å². The minimum absolute atomic E-state index is 0.102. The normalized spacial score (nSPS) is 10.3. The van der Waals surface area contributed by atoms with Gasteiger partial charge in [0.25, 0.3) is 5.91 Å². The second-order valence-corrected chi connectivity index (χ2v) is 4.46. The molecule has 2 aromatic carbocycles. The summed E-state index contributed by atoms with van der Waals surface area (Å²) in [6, 6.07) is 8.83. The summed E-state index contributed by atoms with van der Waals surface area (Å²) < 4.78 is 26.0. The Morgan fingerprint density at radius 3 is 2.14 bits per heavy atom. The van der Waals surface area contributed by atoms with E-state index in [-0.39, 0.29) is 12.1 Å². The number of amides is 1. The molecule has 0 aliphatic rings. The minimum atomic E-state index is -1.55. The first kappa shape index (κ1) is 15.1. The first-order valence-electron chi connectivity index (χ1n) is 6.15. The molecule has 0 saturated carbocycles. The summed E-state index contributed by atoms with van der Waals surface area (Å²) in [5, 5.41) is 20.4. The maximum atomic E-state index is 13.0. The predicted molar refractivity (Wildman–Crippen MR) is 73.8 cm³/mol. The van der Waals surface area contributed by atoms with Gasteiger partial charge >= 0.3 is 7.12 Å². The molecule has 0 atom stereocenters. The Bertz CT molecular complexity index is 627. The quantitative estimate of drug-likeness (QED) is 0.722. The number of benzene rings is 2. The van der Waals surface area contributed by atoms with E-state index in [9.17, 15) is 13.6 Å². The number of carbonyl (C=O) groups excluding carboxylic acids is 1.